The number of likely N-dealkylation sites (tertiary alicyclic amines) is 2. The Bertz CT molecular complexity index is 2480. The molecule has 0 radical (unpaired) electrons. The lowest BCUT2D eigenvalue weighted by molar-refractivity contribution is -0.142. The number of alkyl halides is 3. The van der Waals surface area contributed by atoms with Gasteiger partial charge < -0.3 is 18.7 Å². The summed E-state index contributed by atoms with van der Waals surface area (Å²) in [6, 6.07) is 19.7. The highest BCUT2D eigenvalue weighted by Gasteiger charge is 2.38. The van der Waals surface area contributed by atoms with Crippen molar-refractivity contribution in [2.24, 2.45) is 0 Å². The number of benzene rings is 4. The zero-order valence-electron chi connectivity index (χ0n) is 29.8. The molecule has 2 saturated heterocycles. The van der Waals surface area contributed by atoms with Crippen molar-refractivity contribution < 1.29 is 36.6 Å². The van der Waals surface area contributed by atoms with Crippen LogP contribution in [0.15, 0.2) is 69.5 Å². The quantitative estimate of drug-likeness (QED) is 0.146. The molecule has 276 valence electrons. The van der Waals surface area contributed by atoms with Crippen molar-refractivity contribution in [1.29, 1.82) is 5.26 Å². The summed E-state index contributed by atoms with van der Waals surface area (Å²) in [5.41, 5.74) is 7.05. The number of carbonyl (C=O) groups is 1. The fraction of sp³-hybridized carbons (Fsp3) is 0.317. The summed E-state index contributed by atoms with van der Waals surface area (Å²) in [5, 5.41) is 19.6. The molecule has 0 aliphatic carbocycles. The Hall–Kier alpha value is -5.71. The summed E-state index contributed by atoms with van der Waals surface area (Å²) in [6.45, 7) is 4.24. The van der Waals surface area contributed by atoms with E-state index < -0.39 is 24.3 Å². The van der Waals surface area contributed by atoms with Gasteiger partial charge in [0.1, 0.15) is 34.6 Å². The van der Waals surface area contributed by atoms with Gasteiger partial charge in [-0.1, -0.05) is 24.3 Å². The second kappa shape index (κ2) is 13.6. The second-order valence-electron chi connectivity index (χ2n) is 14.4. The van der Waals surface area contributed by atoms with Crippen LogP contribution in [0, 0.1) is 25.2 Å². The van der Waals surface area contributed by atoms with E-state index in [1.54, 1.807) is 24.0 Å². The zero-order valence-corrected chi connectivity index (χ0v) is 29.8. The number of carboxylic acid groups (broad SMARTS) is 1. The highest BCUT2D eigenvalue weighted by Crippen LogP contribution is 2.39. The lowest BCUT2D eigenvalue weighted by Crippen LogP contribution is -2.56. The fourth-order valence-corrected chi connectivity index (χ4v) is 7.91. The SMILES string of the molecule is Cc1c(-c2nc3cc(CN4CCC[C@H]4C(=O)O)c(OC(F)F)cc3o2)cccc1-c1cccc(-c2nc3cc(CN4CC(C)(F)C4)cc(C#N)c3o2)c1C. The third-order valence-electron chi connectivity index (χ3n) is 10.4. The lowest BCUT2D eigenvalue weighted by atomic mass is 9.91. The number of aromatic nitrogens is 2. The lowest BCUT2D eigenvalue weighted by Gasteiger charge is -2.42. The molecule has 0 spiro atoms. The summed E-state index contributed by atoms with van der Waals surface area (Å²) in [4.78, 5) is 25.0. The van der Waals surface area contributed by atoms with E-state index in [0.717, 1.165) is 33.4 Å². The van der Waals surface area contributed by atoms with Crippen LogP contribution in [0.3, 0.4) is 0 Å². The van der Waals surface area contributed by atoms with E-state index in [0.29, 0.717) is 78.2 Å². The van der Waals surface area contributed by atoms with Crippen LogP contribution in [0.25, 0.3) is 56.2 Å². The Morgan fingerprint density at radius 1 is 0.981 bits per heavy atom. The van der Waals surface area contributed by atoms with Crippen molar-refractivity contribution in [3.63, 3.8) is 0 Å². The van der Waals surface area contributed by atoms with Gasteiger partial charge in [0.25, 0.3) is 0 Å². The first-order valence-corrected chi connectivity index (χ1v) is 17.7. The minimum Gasteiger partial charge on any atom is -0.480 e. The van der Waals surface area contributed by atoms with Crippen LogP contribution in [0.5, 0.6) is 5.75 Å². The summed E-state index contributed by atoms with van der Waals surface area (Å²) in [7, 11) is 0. The first-order chi connectivity index (χ1) is 25.9. The van der Waals surface area contributed by atoms with E-state index in [1.165, 1.54) is 6.07 Å². The topological polar surface area (TPSA) is 129 Å². The molecule has 2 aromatic heterocycles. The second-order valence-corrected chi connectivity index (χ2v) is 14.4. The molecule has 4 heterocycles. The Morgan fingerprint density at radius 3 is 2.26 bits per heavy atom. The molecule has 2 aliphatic heterocycles. The molecule has 6 aromatic rings. The zero-order chi connectivity index (χ0) is 37.9. The number of ether oxygens (including phenoxy) is 1. The summed E-state index contributed by atoms with van der Waals surface area (Å²) in [5.74, 6) is -0.387. The fourth-order valence-electron chi connectivity index (χ4n) is 7.91. The first-order valence-electron chi connectivity index (χ1n) is 17.7. The molecule has 10 nitrogen and oxygen atoms in total. The molecule has 13 heteroatoms. The number of hydrogen-bond acceptors (Lipinski definition) is 9. The van der Waals surface area contributed by atoms with E-state index in [-0.39, 0.29) is 23.8 Å². The van der Waals surface area contributed by atoms with E-state index >= 15 is 0 Å². The smallest absolute Gasteiger partial charge is 0.387 e. The van der Waals surface area contributed by atoms with Gasteiger partial charge in [0.15, 0.2) is 11.2 Å². The third-order valence-corrected chi connectivity index (χ3v) is 10.4. The molecule has 8 rings (SSSR count). The van der Waals surface area contributed by atoms with Crippen LogP contribution in [-0.2, 0) is 17.9 Å². The van der Waals surface area contributed by atoms with Gasteiger partial charge in [-0.3, -0.25) is 14.6 Å². The minimum absolute atomic E-state index is 0.0908. The summed E-state index contributed by atoms with van der Waals surface area (Å²) < 4.78 is 58.3. The Labute approximate surface area is 308 Å². The number of aliphatic carboxylic acids is 1. The highest BCUT2D eigenvalue weighted by atomic mass is 19.3. The van der Waals surface area contributed by atoms with Crippen molar-refractivity contribution in [2.75, 3.05) is 19.6 Å². The number of nitriles is 1. The Kier molecular flexibility index (Phi) is 8.90. The molecule has 2 fully saturated rings. The van der Waals surface area contributed by atoms with Gasteiger partial charge in [-0.15, -0.1) is 0 Å². The van der Waals surface area contributed by atoms with Gasteiger partial charge in [0.05, 0.1) is 5.56 Å². The maximum atomic E-state index is 14.1. The van der Waals surface area contributed by atoms with Crippen LogP contribution in [0.2, 0.25) is 0 Å². The molecular weight excluding hydrogens is 699 g/mol. The van der Waals surface area contributed by atoms with Gasteiger partial charge >= 0.3 is 12.6 Å². The van der Waals surface area contributed by atoms with Gasteiger partial charge in [-0.2, -0.15) is 14.0 Å². The maximum Gasteiger partial charge on any atom is 0.387 e. The number of carboxylic acids is 1. The van der Waals surface area contributed by atoms with E-state index in [9.17, 15) is 28.3 Å². The number of rotatable bonds is 10. The van der Waals surface area contributed by atoms with Gasteiger partial charge in [-0.25, -0.2) is 14.4 Å². The van der Waals surface area contributed by atoms with Crippen LogP contribution in [-0.4, -0.2) is 68.8 Å². The number of fused-ring (bicyclic) bond motifs is 2. The molecule has 0 amide bonds. The predicted molar refractivity (Wildman–Crippen MR) is 195 cm³/mol. The van der Waals surface area contributed by atoms with Crippen molar-refractivity contribution in [2.45, 2.75) is 65.0 Å². The standard InChI is InChI=1S/C41H36F3N5O5/c1-22-27(28-8-5-10-30(23(28)2)38-47-32-14-24(13-25(17-45)36(32)54-38)18-48-20-41(3,44)21-48)7-4-9-29(22)37-46-31-15-26(19-49-12-6-11-33(49)39(50)51)34(53-40(42)43)16-35(31)52-37/h4-5,7-10,13-16,33,40H,6,11-12,18-21H2,1-3H3,(H,50,51)/t33-/m0/s1. The van der Waals surface area contributed by atoms with Crippen molar-refractivity contribution in [3.05, 3.63) is 88.5 Å². The molecule has 4 aromatic carbocycles. The monoisotopic (exact) mass is 735 g/mol. The van der Waals surface area contributed by atoms with Gasteiger partial charge in [-0.05, 0) is 98.3 Å². The molecule has 0 bridgehead atoms. The minimum atomic E-state index is -3.08. The number of hydrogen-bond donors (Lipinski definition) is 1. The average molecular weight is 736 g/mol. The molecule has 2 aliphatic rings. The first kappa shape index (κ1) is 35.3. The highest BCUT2D eigenvalue weighted by molar-refractivity contribution is 5.86. The number of oxazole rings is 2. The largest absolute Gasteiger partial charge is 0.480 e. The Balaban J connectivity index is 1.12. The van der Waals surface area contributed by atoms with Crippen molar-refractivity contribution in [1.82, 2.24) is 19.8 Å². The molecule has 1 atom stereocenters. The van der Waals surface area contributed by atoms with Crippen LogP contribution >= 0.6 is 0 Å². The number of halogens is 3. The van der Waals surface area contributed by atoms with E-state index in [1.807, 2.05) is 61.2 Å². The van der Waals surface area contributed by atoms with Crippen LogP contribution in [0.1, 0.15) is 47.6 Å². The molecule has 0 unspecified atom stereocenters. The molecular formula is C41H36F3N5O5. The predicted octanol–water partition coefficient (Wildman–Crippen LogP) is 8.65. The van der Waals surface area contributed by atoms with Crippen molar-refractivity contribution >= 4 is 28.2 Å². The van der Waals surface area contributed by atoms with E-state index in [2.05, 4.69) is 6.07 Å². The molecule has 54 heavy (non-hydrogen) atoms. The van der Waals surface area contributed by atoms with Gasteiger partial charge in [0, 0.05) is 48.9 Å². The molecule has 1 N–H and O–H groups in total. The Morgan fingerprint density at radius 2 is 1.63 bits per heavy atom. The van der Waals surface area contributed by atoms with E-state index in [4.69, 9.17) is 23.5 Å². The average Bonchev–Trinajstić information content (AvgIpc) is 3.86. The summed E-state index contributed by atoms with van der Waals surface area (Å²) >= 11 is 0. The summed E-state index contributed by atoms with van der Waals surface area (Å²) in [6.07, 6.45) is 1.17. The third kappa shape index (κ3) is 6.56. The van der Waals surface area contributed by atoms with Crippen LogP contribution < -0.4 is 4.74 Å². The molecule has 0 saturated carbocycles. The van der Waals surface area contributed by atoms with Gasteiger partial charge in [0.2, 0.25) is 11.8 Å². The normalized spacial score (nSPS) is 17.3. The van der Waals surface area contributed by atoms with Crippen molar-refractivity contribution in [3.8, 4) is 45.9 Å². The maximum absolute atomic E-state index is 14.1. The number of nitrogens with zero attached hydrogens (tertiary/aromatic N) is 5. The van der Waals surface area contributed by atoms with Crippen LogP contribution in [0.4, 0.5) is 13.2 Å².